The molecule has 0 aromatic carbocycles. The maximum Gasteiger partial charge on any atom is 0.222 e. The van der Waals surface area contributed by atoms with Crippen molar-refractivity contribution in [1.29, 1.82) is 0 Å². The van der Waals surface area contributed by atoms with Gasteiger partial charge in [-0.1, -0.05) is 0 Å². The average Bonchev–Trinajstić information content (AvgIpc) is 3.19. The van der Waals surface area contributed by atoms with Crippen molar-refractivity contribution >= 4 is 18.3 Å². The highest BCUT2D eigenvalue weighted by atomic mass is 35.5. The first kappa shape index (κ1) is 17.0. The number of hydrogen-bond donors (Lipinski definition) is 1. The van der Waals surface area contributed by atoms with E-state index in [0.717, 1.165) is 25.5 Å². The lowest BCUT2D eigenvalue weighted by Gasteiger charge is -2.30. The van der Waals surface area contributed by atoms with Crippen LogP contribution in [0.2, 0.25) is 0 Å². The zero-order valence-electron chi connectivity index (χ0n) is 13.1. The number of carbonyl (C=O) groups excluding carboxylic acids is 1. The van der Waals surface area contributed by atoms with Crippen molar-refractivity contribution in [2.45, 2.75) is 57.0 Å². The second-order valence-corrected chi connectivity index (χ2v) is 7.01. The van der Waals surface area contributed by atoms with Crippen LogP contribution >= 0.6 is 12.4 Å². The molecule has 2 bridgehead atoms. The van der Waals surface area contributed by atoms with Gasteiger partial charge >= 0.3 is 0 Å². The molecule has 0 radical (unpaired) electrons. The minimum atomic E-state index is 0. The molecule has 0 aromatic rings. The number of ether oxygens (including phenoxy) is 1. The monoisotopic (exact) mass is 316 g/mol. The largest absolute Gasteiger partial charge is 0.379 e. The third-order valence-corrected chi connectivity index (χ3v) is 5.08. The fourth-order valence-electron chi connectivity index (χ4n) is 3.61. The van der Waals surface area contributed by atoms with E-state index in [1.54, 1.807) is 0 Å². The highest BCUT2D eigenvalue weighted by Gasteiger charge is 2.34. The molecule has 3 fully saturated rings. The SMILES string of the molecule is CN(CCOCC1CC1)C(=O)CC1CC2CCC(C1)N2.Cl. The molecule has 3 rings (SSSR count). The molecule has 1 aliphatic carbocycles. The topological polar surface area (TPSA) is 41.6 Å². The van der Waals surface area contributed by atoms with Crippen molar-refractivity contribution in [2.75, 3.05) is 26.8 Å². The Morgan fingerprint density at radius 3 is 2.43 bits per heavy atom. The van der Waals surface area contributed by atoms with Gasteiger partial charge in [0.15, 0.2) is 0 Å². The second-order valence-electron chi connectivity index (χ2n) is 7.01. The standard InChI is InChI=1S/C16H28N2O2.ClH/c1-18(6-7-20-11-12-2-3-12)16(19)10-13-8-14-4-5-15(9-13)17-14;/h12-15,17H,2-11H2,1H3;1H. The predicted molar refractivity (Wildman–Crippen MR) is 85.7 cm³/mol. The number of fused-ring (bicyclic) bond motifs is 2. The van der Waals surface area contributed by atoms with Gasteiger partial charge in [-0.15, -0.1) is 12.4 Å². The van der Waals surface area contributed by atoms with Gasteiger partial charge in [0, 0.05) is 38.7 Å². The van der Waals surface area contributed by atoms with E-state index in [-0.39, 0.29) is 12.4 Å². The maximum absolute atomic E-state index is 12.2. The van der Waals surface area contributed by atoms with E-state index >= 15 is 0 Å². The molecule has 0 aromatic heterocycles. The third-order valence-electron chi connectivity index (χ3n) is 5.08. The number of likely N-dealkylation sites (N-methyl/N-ethyl adjacent to an activating group) is 1. The summed E-state index contributed by atoms with van der Waals surface area (Å²) in [6.07, 6.45) is 8.37. The number of amides is 1. The zero-order valence-corrected chi connectivity index (χ0v) is 13.9. The molecule has 0 spiro atoms. The van der Waals surface area contributed by atoms with E-state index in [2.05, 4.69) is 5.32 Å². The molecule has 2 saturated heterocycles. The summed E-state index contributed by atoms with van der Waals surface area (Å²) in [5.41, 5.74) is 0. The molecule has 21 heavy (non-hydrogen) atoms. The summed E-state index contributed by atoms with van der Waals surface area (Å²) in [4.78, 5) is 14.1. The second kappa shape index (κ2) is 7.80. The van der Waals surface area contributed by atoms with Crippen molar-refractivity contribution in [3.8, 4) is 0 Å². The van der Waals surface area contributed by atoms with E-state index in [9.17, 15) is 4.79 Å². The Balaban J connectivity index is 0.00000161. The fraction of sp³-hybridized carbons (Fsp3) is 0.938. The van der Waals surface area contributed by atoms with E-state index in [1.807, 2.05) is 11.9 Å². The van der Waals surface area contributed by atoms with Gasteiger partial charge in [-0.2, -0.15) is 0 Å². The molecule has 4 nitrogen and oxygen atoms in total. The number of nitrogens with one attached hydrogen (secondary N) is 1. The molecular weight excluding hydrogens is 288 g/mol. The molecule has 5 heteroatoms. The molecule has 1 N–H and O–H groups in total. The molecular formula is C16H29ClN2O2. The third kappa shape index (κ3) is 5.11. The Hall–Kier alpha value is -0.320. The minimum Gasteiger partial charge on any atom is -0.379 e. The smallest absolute Gasteiger partial charge is 0.222 e. The summed E-state index contributed by atoms with van der Waals surface area (Å²) >= 11 is 0. The van der Waals surface area contributed by atoms with Gasteiger partial charge in [-0.3, -0.25) is 4.79 Å². The van der Waals surface area contributed by atoms with Crippen molar-refractivity contribution in [3.05, 3.63) is 0 Å². The summed E-state index contributed by atoms with van der Waals surface area (Å²) in [6, 6.07) is 1.36. The van der Waals surface area contributed by atoms with Crippen LogP contribution < -0.4 is 5.32 Å². The van der Waals surface area contributed by atoms with Crippen molar-refractivity contribution in [2.24, 2.45) is 11.8 Å². The number of piperidine rings is 1. The predicted octanol–water partition coefficient (Wildman–Crippen LogP) is 2.21. The van der Waals surface area contributed by atoms with Gasteiger partial charge in [0.2, 0.25) is 5.91 Å². The first-order valence-electron chi connectivity index (χ1n) is 8.28. The lowest BCUT2D eigenvalue weighted by molar-refractivity contribution is -0.131. The number of halogens is 1. The van der Waals surface area contributed by atoms with Crippen LogP contribution in [-0.4, -0.2) is 49.7 Å². The van der Waals surface area contributed by atoms with Gasteiger partial charge in [0.1, 0.15) is 0 Å². The Morgan fingerprint density at radius 2 is 1.81 bits per heavy atom. The van der Waals surface area contributed by atoms with E-state index < -0.39 is 0 Å². The minimum absolute atomic E-state index is 0. The molecule has 1 saturated carbocycles. The summed E-state index contributed by atoms with van der Waals surface area (Å²) in [5, 5.41) is 3.64. The zero-order chi connectivity index (χ0) is 13.9. The van der Waals surface area contributed by atoms with Gasteiger partial charge in [-0.25, -0.2) is 0 Å². The van der Waals surface area contributed by atoms with Gasteiger partial charge < -0.3 is 15.0 Å². The molecule has 1 amide bonds. The molecule has 2 unspecified atom stereocenters. The normalized spacial score (nSPS) is 30.8. The van der Waals surface area contributed by atoms with Gasteiger partial charge in [-0.05, 0) is 50.4 Å². The summed E-state index contributed by atoms with van der Waals surface area (Å²) in [5.74, 6) is 1.70. The van der Waals surface area contributed by atoms with Crippen LogP contribution in [0.3, 0.4) is 0 Å². The number of carbonyl (C=O) groups is 1. The maximum atomic E-state index is 12.2. The van der Waals surface area contributed by atoms with Crippen LogP contribution in [0.15, 0.2) is 0 Å². The lowest BCUT2D eigenvalue weighted by atomic mass is 9.89. The molecule has 122 valence electrons. The molecule has 2 aliphatic heterocycles. The van der Waals surface area contributed by atoms with Crippen LogP contribution in [-0.2, 0) is 9.53 Å². The quantitative estimate of drug-likeness (QED) is 0.732. The molecule has 2 atom stereocenters. The van der Waals surface area contributed by atoms with Crippen molar-refractivity contribution < 1.29 is 9.53 Å². The lowest BCUT2D eigenvalue weighted by Crippen LogP contribution is -2.40. The summed E-state index contributed by atoms with van der Waals surface area (Å²) in [6.45, 7) is 2.32. The van der Waals surface area contributed by atoms with Crippen LogP contribution in [0.5, 0.6) is 0 Å². The van der Waals surface area contributed by atoms with Crippen molar-refractivity contribution in [1.82, 2.24) is 10.2 Å². The van der Waals surface area contributed by atoms with E-state index in [0.29, 0.717) is 30.5 Å². The Labute approximate surface area is 134 Å². The first-order chi connectivity index (χ1) is 9.70. The fourth-order valence-corrected chi connectivity index (χ4v) is 3.61. The molecule has 3 aliphatic rings. The number of nitrogens with zero attached hydrogens (tertiary/aromatic N) is 1. The summed E-state index contributed by atoms with van der Waals surface area (Å²) < 4.78 is 5.61. The van der Waals surface area contributed by atoms with E-state index in [4.69, 9.17) is 4.74 Å². The Bertz CT molecular complexity index is 337. The highest BCUT2D eigenvalue weighted by Crippen LogP contribution is 2.33. The van der Waals surface area contributed by atoms with Crippen LogP contribution in [0.4, 0.5) is 0 Å². The van der Waals surface area contributed by atoms with Gasteiger partial charge in [0.25, 0.3) is 0 Å². The van der Waals surface area contributed by atoms with E-state index in [1.165, 1.54) is 38.5 Å². The Morgan fingerprint density at radius 1 is 1.14 bits per heavy atom. The van der Waals surface area contributed by atoms with Gasteiger partial charge in [0.05, 0.1) is 6.61 Å². The van der Waals surface area contributed by atoms with Crippen LogP contribution in [0.25, 0.3) is 0 Å². The average molecular weight is 317 g/mol. The highest BCUT2D eigenvalue weighted by molar-refractivity contribution is 5.85. The first-order valence-corrected chi connectivity index (χ1v) is 8.28. The number of rotatable bonds is 7. The molecule has 2 heterocycles. The van der Waals surface area contributed by atoms with Crippen LogP contribution in [0.1, 0.15) is 44.9 Å². The Kier molecular flexibility index (Phi) is 6.33. The summed E-state index contributed by atoms with van der Waals surface area (Å²) in [7, 11) is 1.92. The van der Waals surface area contributed by atoms with Crippen LogP contribution in [0, 0.1) is 11.8 Å². The number of hydrogen-bond acceptors (Lipinski definition) is 3. The van der Waals surface area contributed by atoms with Crippen molar-refractivity contribution in [3.63, 3.8) is 0 Å².